The Morgan fingerprint density at radius 2 is 2.04 bits per heavy atom. The Morgan fingerprint density at radius 3 is 2.68 bits per heavy atom. The van der Waals surface area contributed by atoms with Gasteiger partial charge in [0.2, 0.25) is 21.8 Å². The van der Waals surface area contributed by atoms with Crippen molar-refractivity contribution in [2.75, 3.05) is 24.5 Å². The minimum absolute atomic E-state index is 0.0225. The second-order valence-electron chi connectivity index (χ2n) is 6.76. The van der Waals surface area contributed by atoms with Crippen molar-refractivity contribution in [3.63, 3.8) is 0 Å². The molecule has 28 heavy (non-hydrogen) atoms. The zero-order valence-electron chi connectivity index (χ0n) is 16.5. The highest BCUT2D eigenvalue weighted by atomic mass is 32.2. The fourth-order valence-corrected chi connectivity index (χ4v) is 4.99. The van der Waals surface area contributed by atoms with Gasteiger partial charge in [-0.15, -0.1) is 0 Å². The number of hydrogen-bond donors (Lipinski definition) is 0. The van der Waals surface area contributed by atoms with Crippen molar-refractivity contribution in [2.24, 2.45) is 0 Å². The third-order valence-electron chi connectivity index (χ3n) is 4.94. The molecule has 0 radical (unpaired) electrons. The maximum atomic E-state index is 12.7. The van der Waals surface area contributed by atoms with Crippen molar-refractivity contribution < 1.29 is 17.7 Å². The van der Waals surface area contributed by atoms with Gasteiger partial charge in [0.15, 0.2) is 5.82 Å². The lowest BCUT2D eigenvalue weighted by Crippen LogP contribution is -2.30. The molecule has 2 aromatic rings. The van der Waals surface area contributed by atoms with Gasteiger partial charge in [-0.1, -0.05) is 19.0 Å². The molecule has 1 aliphatic heterocycles. The van der Waals surface area contributed by atoms with Gasteiger partial charge < -0.3 is 9.42 Å². The number of aromatic nitrogens is 2. The average Bonchev–Trinajstić information content (AvgIpc) is 3.28. The number of sulfonamides is 1. The van der Waals surface area contributed by atoms with Crippen LogP contribution in [0.4, 0.5) is 5.69 Å². The van der Waals surface area contributed by atoms with Crippen LogP contribution in [0.2, 0.25) is 0 Å². The molecule has 9 heteroatoms. The van der Waals surface area contributed by atoms with Crippen molar-refractivity contribution in [2.45, 2.75) is 51.3 Å². The van der Waals surface area contributed by atoms with Crippen LogP contribution < -0.4 is 4.90 Å². The standard InChI is InChI=1S/C19H26N4O4S/c1-4-22(5-2)28(25,26)16-9-10-17-15(13-16)11-12-23(17)19(24)8-6-7-18-20-14(3)21-27-18/h9-10,13H,4-8,11-12H2,1-3H3. The highest BCUT2D eigenvalue weighted by Crippen LogP contribution is 2.31. The van der Waals surface area contributed by atoms with E-state index in [-0.39, 0.29) is 10.8 Å². The fourth-order valence-electron chi connectivity index (χ4n) is 3.48. The summed E-state index contributed by atoms with van der Waals surface area (Å²) in [7, 11) is -3.50. The van der Waals surface area contributed by atoms with E-state index in [9.17, 15) is 13.2 Å². The van der Waals surface area contributed by atoms with Crippen LogP contribution in [0.1, 0.15) is 44.0 Å². The van der Waals surface area contributed by atoms with Crippen LogP contribution in [-0.2, 0) is 27.7 Å². The zero-order valence-corrected chi connectivity index (χ0v) is 17.3. The van der Waals surface area contributed by atoms with E-state index in [4.69, 9.17) is 4.52 Å². The fraction of sp³-hybridized carbons (Fsp3) is 0.526. The monoisotopic (exact) mass is 406 g/mol. The van der Waals surface area contributed by atoms with E-state index in [2.05, 4.69) is 10.1 Å². The van der Waals surface area contributed by atoms with E-state index in [1.807, 2.05) is 13.8 Å². The van der Waals surface area contributed by atoms with E-state index in [0.717, 1.165) is 11.3 Å². The van der Waals surface area contributed by atoms with Gasteiger partial charge in [-0.2, -0.15) is 9.29 Å². The molecule has 1 aromatic heterocycles. The Balaban J connectivity index is 1.67. The predicted molar refractivity (Wildman–Crippen MR) is 105 cm³/mol. The van der Waals surface area contributed by atoms with E-state index in [1.54, 1.807) is 30.0 Å². The third kappa shape index (κ3) is 4.10. The molecule has 0 atom stereocenters. The van der Waals surface area contributed by atoms with Crippen LogP contribution in [-0.4, -0.2) is 48.4 Å². The molecule has 0 unspecified atom stereocenters. The Labute approximate surface area is 165 Å². The molecule has 0 aliphatic carbocycles. The first kappa shape index (κ1) is 20.5. The van der Waals surface area contributed by atoms with Crippen molar-refractivity contribution in [3.05, 3.63) is 35.5 Å². The molecule has 0 bridgehead atoms. The minimum Gasteiger partial charge on any atom is -0.339 e. The number of aryl methyl sites for hydroxylation is 2. The number of rotatable bonds is 8. The van der Waals surface area contributed by atoms with Gasteiger partial charge in [-0.3, -0.25) is 4.79 Å². The number of anilines is 1. The van der Waals surface area contributed by atoms with Gasteiger partial charge in [0.05, 0.1) is 4.90 Å². The molecule has 0 saturated carbocycles. The van der Waals surface area contributed by atoms with E-state index < -0.39 is 10.0 Å². The van der Waals surface area contributed by atoms with Crippen molar-refractivity contribution >= 4 is 21.6 Å². The molecule has 1 aromatic carbocycles. The molecular weight excluding hydrogens is 380 g/mol. The maximum Gasteiger partial charge on any atom is 0.243 e. The number of carbonyl (C=O) groups excluding carboxylic acids is 1. The summed E-state index contributed by atoms with van der Waals surface area (Å²) >= 11 is 0. The van der Waals surface area contributed by atoms with Crippen LogP contribution in [0.5, 0.6) is 0 Å². The summed E-state index contributed by atoms with van der Waals surface area (Å²) in [4.78, 5) is 18.8. The minimum atomic E-state index is -3.50. The summed E-state index contributed by atoms with van der Waals surface area (Å²) in [5, 5.41) is 3.74. The highest BCUT2D eigenvalue weighted by molar-refractivity contribution is 7.89. The number of hydrogen-bond acceptors (Lipinski definition) is 6. The second-order valence-corrected chi connectivity index (χ2v) is 8.70. The lowest BCUT2D eigenvalue weighted by Gasteiger charge is -2.20. The molecule has 3 rings (SSSR count). The Morgan fingerprint density at radius 1 is 1.29 bits per heavy atom. The first-order chi connectivity index (χ1) is 13.4. The predicted octanol–water partition coefficient (Wildman–Crippen LogP) is 2.32. The molecule has 0 N–H and O–H groups in total. The number of benzene rings is 1. The van der Waals surface area contributed by atoms with Crippen molar-refractivity contribution in [1.29, 1.82) is 0 Å². The smallest absolute Gasteiger partial charge is 0.243 e. The first-order valence-corrected chi connectivity index (χ1v) is 11.0. The highest BCUT2D eigenvalue weighted by Gasteiger charge is 2.28. The van der Waals surface area contributed by atoms with Crippen LogP contribution >= 0.6 is 0 Å². The lowest BCUT2D eigenvalue weighted by atomic mass is 10.1. The molecule has 1 aliphatic rings. The number of amides is 1. The van der Waals surface area contributed by atoms with E-state index in [1.165, 1.54) is 4.31 Å². The van der Waals surface area contributed by atoms with Gasteiger partial charge in [-0.05, 0) is 43.5 Å². The zero-order chi connectivity index (χ0) is 20.3. The summed E-state index contributed by atoms with van der Waals surface area (Å²) in [5.74, 6) is 1.15. The molecule has 0 fully saturated rings. The van der Waals surface area contributed by atoms with Crippen LogP contribution in [0.15, 0.2) is 27.6 Å². The van der Waals surface area contributed by atoms with Gasteiger partial charge in [0.25, 0.3) is 0 Å². The summed E-state index contributed by atoms with van der Waals surface area (Å²) in [6.07, 6.45) is 2.22. The van der Waals surface area contributed by atoms with Crippen LogP contribution in [0.3, 0.4) is 0 Å². The van der Waals surface area contributed by atoms with Crippen LogP contribution in [0.25, 0.3) is 0 Å². The SMILES string of the molecule is CCN(CC)S(=O)(=O)c1ccc2c(c1)CCN2C(=O)CCCc1nc(C)no1. The normalized spacial score (nSPS) is 13.9. The Kier molecular flexibility index (Phi) is 6.14. The molecular formula is C19H26N4O4S. The molecule has 8 nitrogen and oxygen atoms in total. The molecule has 0 saturated heterocycles. The molecule has 2 heterocycles. The third-order valence-corrected chi connectivity index (χ3v) is 6.99. The van der Waals surface area contributed by atoms with Crippen molar-refractivity contribution in [1.82, 2.24) is 14.4 Å². The van der Waals surface area contributed by atoms with Gasteiger partial charge in [-0.25, -0.2) is 8.42 Å². The maximum absolute atomic E-state index is 12.7. The summed E-state index contributed by atoms with van der Waals surface area (Å²) in [6.45, 7) is 6.84. The Hall–Kier alpha value is -2.26. The summed E-state index contributed by atoms with van der Waals surface area (Å²) < 4.78 is 31.9. The Bertz CT molecular complexity index is 951. The van der Waals surface area contributed by atoms with E-state index >= 15 is 0 Å². The van der Waals surface area contributed by atoms with E-state index in [0.29, 0.717) is 57.0 Å². The summed E-state index contributed by atoms with van der Waals surface area (Å²) in [6, 6.07) is 5.05. The summed E-state index contributed by atoms with van der Waals surface area (Å²) in [5.41, 5.74) is 1.70. The largest absolute Gasteiger partial charge is 0.339 e. The molecule has 152 valence electrons. The number of carbonyl (C=O) groups is 1. The molecule has 0 spiro atoms. The lowest BCUT2D eigenvalue weighted by molar-refractivity contribution is -0.118. The van der Waals surface area contributed by atoms with Gasteiger partial charge in [0, 0.05) is 38.2 Å². The van der Waals surface area contributed by atoms with Gasteiger partial charge >= 0.3 is 0 Å². The quantitative estimate of drug-likeness (QED) is 0.667. The topological polar surface area (TPSA) is 96.6 Å². The van der Waals surface area contributed by atoms with Crippen molar-refractivity contribution in [3.8, 4) is 0 Å². The van der Waals surface area contributed by atoms with Gasteiger partial charge in [0.1, 0.15) is 0 Å². The average molecular weight is 407 g/mol. The molecule has 1 amide bonds. The first-order valence-electron chi connectivity index (χ1n) is 9.59. The number of fused-ring (bicyclic) bond motifs is 1. The van der Waals surface area contributed by atoms with Crippen LogP contribution in [0, 0.1) is 6.92 Å². The second kappa shape index (κ2) is 8.40. The number of nitrogens with zero attached hydrogens (tertiary/aromatic N) is 4.